The van der Waals surface area contributed by atoms with E-state index < -0.39 is 24.3 Å². The van der Waals surface area contributed by atoms with E-state index in [0.717, 1.165) is 55.7 Å². The first kappa shape index (κ1) is 38.1. The summed E-state index contributed by atoms with van der Waals surface area (Å²) < 4.78 is 1.78. The Hall–Kier alpha value is -5.80. The molecule has 4 heterocycles. The van der Waals surface area contributed by atoms with Crippen molar-refractivity contribution in [1.29, 1.82) is 0 Å². The average Bonchev–Trinajstić information content (AvgIpc) is 3.95. The van der Waals surface area contributed by atoms with Gasteiger partial charge in [0.15, 0.2) is 17.0 Å². The fourth-order valence-electron chi connectivity index (χ4n) is 8.48. The second-order valence-electron chi connectivity index (χ2n) is 15.3. The highest BCUT2D eigenvalue weighted by molar-refractivity contribution is 5.85. The first-order chi connectivity index (χ1) is 27.8. The highest BCUT2D eigenvalue weighted by Gasteiger charge is 2.44. The van der Waals surface area contributed by atoms with Gasteiger partial charge in [0.25, 0.3) is 0 Å². The number of fused-ring (bicyclic) bond motifs is 1. The van der Waals surface area contributed by atoms with Crippen LogP contribution < -0.4 is 31.5 Å². The number of anilines is 3. The number of aromatic nitrogens is 5. The van der Waals surface area contributed by atoms with E-state index in [1.165, 1.54) is 0 Å². The minimum Gasteiger partial charge on any atom is -0.388 e. The van der Waals surface area contributed by atoms with Crippen molar-refractivity contribution < 1.29 is 19.8 Å². The van der Waals surface area contributed by atoms with Gasteiger partial charge in [-0.3, -0.25) is 4.79 Å². The second kappa shape index (κ2) is 17.1. The molecular weight excluding hydrogens is 723 g/mol. The molecule has 0 radical (unpaired) electrons. The van der Waals surface area contributed by atoms with Crippen molar-refractivity contribution in [3.63, 3.8) is 0 Å². The molecule has 6 atom stereocenters. The summed E-state index contributed by atoms with van der Waals surface area (Å²) >= 11 is 0. The maximum absolute atomic E-state index is 13.1. The van der Waals surface area contributed by atoms with Crippen LogP contribution in [0.15, 0.2) is 91.4 Å². The number of nitrogens with zero attached hydrogens (tertiary/aromatic N) is 6. The summed E-state index contributed by atoms with van der Waals surface area (Å²) in [5.74, 6) is 1.65. The van der Waals surface area contributed by atoms with E-state index in [-0.39, 0.29) is 42.5 Å². The fourth-order valence-corrected chi connectivity index (χ4v) is 8.48. The smallest absolute Gasteiger partial charge is 0.315 e. The number of hydrogen-bond acceptors (Lipinski definition) is 11. The topological polar surface area (TPSA) is 194 Å². The normalized spacial score (nSPS) is 23.8. The van der Waals surface area contributed by atoms with Crippen LogP contribution in [0.2, 0.25) is 0 Å². The van der Waals surface area contributed by atoms with Crippen LogP contribution in [0.5, 0.6) is 0 Å². The Morgan fingerprint density at radius 1 is 0.772 bits per heavy atom. The van der Waals surface area contributed by atoms with Gasteiger partial charge >= 0.3 is 6.03 Å². The van der Waals surface area contributed by atoms with E-state index in [4.69, 9.17) is 15.0 Å². The molecule has 1 saturated heterocycles. The number of carbonyl (C=O) groups excluding carboxylic acids is 2. The van der Waals surface area contributed by atoms with Gasteiger partial charge in [0.05, 0.1) is 24.5 Å². The third-order valence-corrected chi connectivity index (χ3v) is 11.5. The van der Waals surface area contributed by atoms with E-state index in [9.17, 15) is 19.8 Å². The predicted octanol–water partition coefficient (Wildman–Crippen LogP) is 4.29. The van der Waals surface area contributed by atoms with Crippen LogP contribution in [0.4, 0.5) is 22.4 Å². The largest absolute Gasteiger partial charge is 0.388 e. The maximum Gasteiger partial charge on any atom is 0.315 e. The van der Waals surface area contributed by atoms with Gasteiger partial charge in [-0.25, -0.2) is 14.8 Å². The molecule has 2 aromatic carbocycles. The number of rotatable bonds is 12. The Labute approximate surface area is 331 Å². The molecule has 3 aromatic heterocycles. The first-order valence-electron chi connectivity index (χ1n) is 20.1. The van der Waals surface area contributed by atoms with Gasteiger partial charge in [-0.1, -0.05) is 73.7 Å². The van der Waals surface area contributed by atoms with Gasteiger partial charge < -0.3 is 46.3 Å². The maximum atomic E-state index is 13.1. The summed E-state index contributed by atoms with van der Waals surface area (Å²) in [6.07, 6.45) is 5.69. The van der Waals surface area contributed by atoms with Crippen molar-refractivity contribution in [3.05, 3.63) is 103 Å². The molecule has 2 aliphatic carbocycles. The minimum absolute atomic E-state index is 0.00911. The van der Waals surface area contributed by atoms with E-state index in [1.54, 1.807) is 24.0 Å². The lowest BCUT2D eigenvalue weighted by Crippen LogP contribution is -2.50. The molecule has 5 aromatic rings. The van der Waals surface area contributed by atoms with E-state index in [0.29, 0.717) is 35.8 Å². The quantitative estimate of drug-likeness (QED) is 0.0957. The molecule has 15 nitrogen and oxygen atoms in total. The molecule has 298 valence electrons. The molecule has 7 N–H and O–H groups in total. The monoisotopic (exact) mass is 773 g/mol. The number of piperidine rings is 1. The summed E-state index contributed by atoms with van der Waals surface area (Å²) in [5, 5.41) is 38.6. The average molecular weight is 774 g/mol. The highest BCUT2D eigenvalue weighted by atomic mass is 16.3. The first-order valence-corrected chi connectivity index (χ1v) is 20.1. The fraction of sp³-hybridized carbons (Fsp3) is 0.429. The van der Waals surface area contributed by atoms with Gasteiger partial charge in [0.2, 0.25) is 11.9 Å². The Morgan fingerprint density at radius 3 is 2.14 bits per heavy atom. The molecular formula is C42H51N11O4. The summed E-state index contributed by atoms with van der Waals surface area (Å²) in [7, 11) is 0. The van der Waals surface area contributed by atoms with Gasteiger partial charge in [-0.2, -0.15) is 9.97 Å². The minimum atomic E-state index is -1.16. The number of carbonyl (C=O) groups is 2. The van der Waals surface area contributed by atoms with Crippen LogP contribution in [-0.4, -0.2) is 96.1 Å². The Bertz CT molecular complexity index is 2070. The number of hydrogen-bond donors (Lipinski definition) is 7. The van der Waals surface area contributed by atoms with Crippen LogP contribution in [0.1, 0.15) is 75.1 Å². The lowest BCUT2D eigenvalue weighted by molar-refractivity contribution is -0.122. The molecule has 8 rings (SSSR count). The summed E-state index contributed by atoms with van der Waals surface area (Å²) in [6.45, 7) is 3.43. The highest BCUT2D eigenvalue weighted by Crippen LogP contribution is 2.36. The molecule has 1 unspecified atom stereocenters. The van der Waals surface area contributed by atoms with Crippen LogP contribution in [-0.2, 0) is 4.79 Å². The number of nitrogens with one attached hydrogen (secondary N) is 5. The Kier molecular flexibility index (Phi) is 11.5. The number of aliphatic hydroxyl groups excluding tert-OH is 2. The van der Waals surface area contributed by atoms with Crippen molar-refractivity contribution >= 4 is 40.7 Å². The molecule has 3 fully saturated rings. The zero-order valence-corrected chi connectivity index (χ0v) is 32.0. The Balaban J connectivity index is 0.999. The van der Waals surface area contributed by atoms with Crippen LogP contribution >= 0.6 is 0 Å². The van der Waals surface area contributed by atoms with Crippen molar-refractivity contribution in [2.24, 2.45) is 0 Å². The zero-order chi connectivity index (χ0) is 39.3. The third-order valence-electron chi connectivity index (χ3n) is 11.5. The van der Waals surface area contributed by atoms with Gasteiger partial charge in [-0.05, 0) is 61.8 Å². The molecule has 57 heavy (non-hydrogen) atoms. The molecule has 0 bridgehead atoms. The number of amides is 3. The number of pyridine rings is 1. The van der Waals surface area contributed by atoms with Gasteiger partial charge in [0.1, 0.15) is 18.0 Å². The molecule has 3 amide bonds. The molecule has 0 spiro atoms. The van der Waals surface area contributed by atoms with Crippen molar-refractivity contribution in [1.82, 2.24) is 40.5 Å². The summed E-state index contributed by atoms with van der Waals surface area (Å²) in [5.41, 5.74) is 3.06. The van der Waals surface area contributed by atoms with Gasteiger partial charge in [-0.15, -0.1) is 0 Å². The standard InChI is InChI=1S/C42H51N11O4/c1-2-34(54)48-31-24-32(38(56)37(31)55)53-25-44-36-39(49-35(26-11-5-3-6-12-26)27-13-7-4-8-14-27)50-41(51-40(36)53)45-29-16-17-30(23-29)47-42(57)46-28-18-21-52(22-19-28)33-15-9-10-20-43-33/h3-15,20,25,28-32,35,37-38,55-56H,2,16-19,21-24H2,1H3,(H,48,54)(H2,46,47,57)(H2,45,49,50,51)/t29-,30?,31-,32+,37+,38-/m0/s1. The number of urea groups is 1. The molecule has 2 saturated carbocycles. The SMILES string of the molecule is CCC(=O)N[C@H]1C[C@@H](n2cnc3c(NC(c4ccccc4)c4ccccc4)nc(N[C@H]4CCC(NC(=O)NC5CCN(c6ccccn6)CC5)C4)nc32)[C@H](O)[C@@H]1O. The zero-order valence-electron chi connectivity index (χ0n) is 32.0. The number of imidazole rings is 1. The predicted molar refractivity (Wildman–Crippen MR) is 218 cm³/mol. The Morgan fingerprint density at radius 2 is 1.46 bits per heavy atom. The number of benzene rings is 2. The van der Waals surface area contributed by atoms with E-state index in [1.807, 2.05) is 54.6 Å². The second-order valence-corrected chi connectivity index (χ2v) is 15.3. The van der Waals surface area contributed by atoms with Gasteiger partial charge in [0, 0.05) is 43.8 Å². The van der Waals surface area contributed by atoms with E-state index in [2.05, 4.69) is 60.7 Å². The van der Waals surface area contributed by atoms with Crippen LogP contribution in [0.25, 0.3) is 11.2 Å². The number of aliphatic hydroxyl groups is 2. The molecule has 15 heteroatoms. The lowest BCUT2D eigenvalue weighted by atomic mass is 9.99. The van der Waals surface area contributed by atoms with Crippen molar-refractivity contribution in [2.75, 3.05) is 28.6 Å². The van der Waals surface area contributed by atoms with Crippen LogP contribution in [0.3, 0.4) is 0 Å². The summed E-state index contributed by atoms with van der Waals surface area (Å²) in [6, 6.07) is 24.6. The lowest BCUT2D eigenvalue weighted by Gasteiger charge is -2.33. The molecule has 3 aliphatic rings. The summed E-state index contributed by atoms with van der Waals surface area (Å²) in [4.78, 5) is 46.8. The van der Waals surface area contributed by atoms with E-state index >= 15 is 0 Å². The van der Waals surface area contributed by atoms with Crippen molar-refractivity contribution in [2.45, 2.75) is 100 Å². The van der Waals surface area contributed by atoms with Crippen LogP contribution in [0, 0.1) is 0 Å². The van der Waals surface area contributed by atoms with Crippen molar-refractivity contribution in [3.8, 4) is 0 Å². The molecule has 1 aliphatic heterocycles. The third kappa shape index (κ3) is 8.64.